The Kier molecular flexibility index (Phi) is 7.75. The third kappa shape index (κ3) is 7.15. The summed E-state index contributed by atoms with van der Waals surface area (Å²) in [5, 5.41) is 8.58. The second-order valence-electron chi connectivity index (χ2n) is 7.94. The highest BCUT2D eigenvalue weighted by atomic mass is 16.4. The van der Waals surface area contributed by atoms with E-state index in [1.165, 1.54) is 64.2 Å². The molecule has 0 heterocycles. The first-order chi connectivity index (χ1) is 10.7. The molecule has 2 saturated carbocycles. The van der Waals surface area contributed by atoms with Crippen LogP contribution in [0.4, 0.5) is 0 Å². The van der Waals surface area contributed by atoms with Crippen molar-refractivity contribution in [3.8, 4) is 0 Å². The van der Waals surface area contributed by atoms with Crippen molar-refractivity contribution in [2.45, 2.75) is 96.8 Å². The summed E-state index contributed by atoms with van der Waals surface area (Å²) < 4.78 is 0. The highest BCUT2D eigenvalue weighted by Crippen LogP contribution is 2.54. The average Bonchev–Trinajstić information content (AvgIpc) is 3.38. The van der Waals surface area contributed by atoms with Crippen LogP contribution in [0.1, 0.15) is 96.8 Å². The van der Waals surface area contributed by atoms with Crippen LogP contribution in [-0.2, 0) is 4.79 Å². The van der Waals surface area contributed by atoms with Gasteiger partial charge in [0.2, 0.25) is 0 Å². The van der Waals surface area contributed by atoms with E-state index < -0.39 is 5.97 Å². The van der Waals surface area contributed by atoms with Crippen LogP contribution >= 0.6 is 0 Å². The van der Waals surface area contributed by atoms with Gasteiger partial charge in [0, 0.05) is 6.42 Å². The highest BCUT2D eigenvalue weighted by molar-refractivity contribution is 5.66. The summed E-state index contributed by atoms with van der Waals surface area (Å²) in [5.41, 5.74) is 0. The molecule has 0 radical (unpaired) electrons. The quantitative estimate of drug-likeness (QED) is 0.397. The number of carbonyl (C=O) groups is 1. The van der Waals surface area contributed by atoms with Crippen molar-refractivity contribution in [2.24, 2.45) is 23.7 Å². The summed E-state index contributed by atoms with van der Waals surface area (Å²) in [6, 6.07) is 0. The molecule has 0 spiro atoms. The van der Waals surface area contributed by atoms with E-state index >= 15 is 0 Å². The maximum absolute atomic E-state index is 10.4. The Labute approximate surface area is 137 Å². The molecule has 2 heteroatoms. The highest BCUT2D eigenvalue weighted by Gasteiger charge is 2.44. The van der Waals surface area contributed by atoms with Crippen molar-refractivity contribution in [1.29, 1.82) is 0 Å². The Morgan fingerprint density at radius 2 is 1.36 bits per heavy atom. The molecule has 0 aromatic heterocycles. The molecule has 0 aromatic rings. The lowest BCUT2D eigenvalue weighted by Crippen LogP contribution is -1.93. The maximum atomic E-state index is 10.4. The van der Waals surface area contributed by atoms with Crippen LogP contribution in [0.3, 0.4) is 0 Å². The molecule has 2 nitrogen and oxygen atoms in total. The van der Waals surface area contributed by atoms with Gasteiger partial charge in [-0.15, -0.1) is 0 Å². The third-order valence-corrected chi connectivity index (χ3v) is 5.89. The van der Waals surface area contributed by atoms with Crippen LogP contribution in [0, 0.1) is 23.7 Å². The van der Waals surface area contributed by atoms with E-state index in [9.17, 15) is 4.79 Å². The molecule has 128 valence electrons. The van der Waals surface area contributed by atoms with Crippen molar-refractivity contribution in [3.63, 3.8) is 0 Å². The van der Waals surface area contributed by atoms with E-state index in [1.807, 2.05) is 0 Å². The third-order valence-electron chi connectivity index (χ3n) is 5.89. The van der Waals surface area contributed by atoms with Gasteiger partial charge in [0.05, 0.1) is 0 Å². The van der Waals surface area contributed by atoms with Crippen LogP contribution in [0.15, 0.2) is 0 Å². The SMILES string of the molecule is CCCCC[C@H]1C[C@H]1C[C@@H]1C[C@H]1CCCCCCCC(=O)O. The Bertz CT molecular complexity index is 326. The molecule has 2 aliphatic carbocycles. The van der Waals surface area contributed by atoms with Crippen molar-refractivity contribution in [3.05, 3.63) is 0 Å². The lowest BCUT2D eigenvalue weighted by Gasteiger charge is -2.02. The predicted octanol–water partition coefficient (Wildman–Crippen LogP) is 6.04. The zero-order chi connectivity index (χ0) is 15.8. The molecule has 22 heavy (non-hydrogen) atoms. The molecule has 0 saturated heterocycles. The van der Waals surface area contributed by atoms with Gasteiger partial charge in [-0.1, -0.05) is 64.7 Å². The largest absolute Gasteiger partial charge is 0.481 e. The number of aliphatic carboxylic acids is 1. The van der Waals surface area contributed by atoms with E-state index in [0.717, 1.165) is 36.5 Å². The minimum Gasteiger partial charge on any atom is -0.481 e. The lowest BCUT2D eigenvalue weighted by atomic mass is 10.0. The van der Waals surface area contributed by atoms with Crippen molar-refractivity contribution in [1.82, 2.24) is 0 Å². The van der Waals surface area contributed by atoms with Crippen molar-refractivity contribution >= 4 is 5.97 Å². The summed E-state index contributed by atoms with van der Waals surface area (Å²) in [5.74, 6) is 3.68. The van der Waals surface area contributed by atoms with Gasteiger partial charge in [-0.25, -0.2) is 0 Å². The monoisotopic (exact) mass is 308 g/mol. The minimum absolute atomic E-state index is 0.353. The van der Waals surface area contributed by atoms with Gasteiger partial charge in [0.1, 0.15) is 0 Å². The van der Waals surface area contributed by atoms with E-state index in [1.54, 1.807) is 6.42 Å². The first-order valence-corrected chi connectivity index (χ1v) is 9.92. The number of unbranched alkanes of at least 4 members (excludes halogenated alkanes) is 6. The van der Waals surface area contributed by atoms with Gasteiger partial charge in [-0.3, -0.25) is 4.79 Å². The van der Waals surface area contributed by atoms with Gasteiger partial charge in [0.15, 0.2) is 0 Å². The molecule has 1 N–H and O–H groups in total. The first-order valence-electron chi connectivity index (χ1n) is 9.92. The minimum atomic E-state index is -0.645. The molecular formula is C20H36O2. The summed E-state index contributed by atoms with van der Waals surface area (Å²) in [7, 11) is 0. The summed E-state index contributed by atoms with van der Waals surface area (Å²) in [4.78, 5) is 10.4. The number of hydrogen-bond donors (Lipinski definition) is 1. The molecular weight excluding hydrogens is 272 g/mol. The van der Waals surface area contributed by atoms with Gasteiger partial charge >= 0.3 is 5.97 Å². The molecule has 4 atom stereocenters. The molecule has 0 unspecified atom stereocenters. The fourth-order valence-electron chi connectivity index (χ4n) is 4.16. The second kappa shape index (κ2) is 9.57. The average molecular weight is 309 g/mol. The van der Waals surface area contributed by atoms with E-state index in [2.05, 4.69) is 6.92 Å². The molecule has 2 rings (SSSR count). The normalized spacial score (nSPS) is 29.5. The number of rotatable bonds is 14. The standard InChI is InChI=1S/C20H36O2/c1-2-3-7-10-16-13-18(16)15-19-14-17(19)11-8-5-4-6-9-12-20(21)22/h16-19H,2-15H2,1H3,(H,21,22)/t16-,17+,18-,19-/m0/s1. The molecule has 0 bridgehead atoms. The van der Waals surface area contributed by atoms with Crippen LogP contribution in [-0.4, -0.2) is 11.1 Å². The second-order valence-corrected chi connectivity index (χ2v) is 7.94. The number of carboxylic acids is 1. The van der Waals surface area contributed by atoms with Crippen LogP contribution in [0.5, 0.6) is 0 Å². The molecule has 0 aliphatic heterocycles. The summed E-state index contributed by atoms with van der Waals surface area (Å²) in [6.45, 7) is 2.30. The zero-order valence-electron chi connectivity index (χ0n) is 14.6. The van der Waals surface area contributed by atoms with Crippen molar-refractivity contribution < 1.29 is 9.90 Å². The maximum Gasteiger partial charge on any atom is 0.303 e. The van der Waals surface area contributed by atoms with Crippen molar-refractivity contribution in [2.75, 3.05) is 0 Å². The Morgan fingerprint density at radius 3 is 1.95 bits per heavy atom. The molecule has 2 fully saturated rings. The first kappa shape index (κ1) is 17.8. The lowest BCUT2D eigenvalue weighted by molar-refractivity contribution is -0.137. The van der Waals surface area contributed by atoms with Gasteiger partial charge < -0.3 is 5.11 Å². The smallest absolute Gasteiger partial charge is 0.303 e. The van der Waals surface area contributed by atoms with Crippen LogP contribution < -0.4 is 0 Å². The van der Waals surface area contributed by atoms with Gasteiger partial charge in [-0.2, -0.15) is 0 Å². The van der Waals surface area contributed by atoms with Crippen LogP contribution in [0.25, 0.3) is 0 Å². The fraction of sp³-hybridized carbons (Fsp3) is 0.950. The molecule has 0 amide bonds. The fourth-order valence-corrected chi connectivity index (χ4v) is 4.16. The van der Waals surface area contributed by atoms with Crippen LogP contribution in [0.2, 0.25) is 0 Å². The number of hydrogen-bond acceptors (Lipinski definition) is 1. The Hall–Kier alpha value is -0.530. The molecule has 0 aromatic carbocycles. The zero-order valence-corrected chi connectivity index (χ0v) is 14.6. The number of carboxylic acid groups (broad SMARTS) is 1. The van der Waals surface area contributed by atoms with Gasteiger partial charge in [0.25, 0.3) is 0 Å². The van der Waals surface area contributed by atoms with E-state index in [-0.39, 0.29) is 0 Å². The summed E-state index contributed by atoms with van der Waals surface area (Å²) in [6.07, 6.45) is 18.0. The predicted molar refractivity (Wildman–Crippen MR) is 91.9 cm³/mol. The van der Waals surface area contributed by atoms with E-state index in [4.69, 9.17) is 5.11 Å². The Morgan fingerprint density at radius 1 is 0.818 bits per heavy atom. The Balaban J connectivity index is 1.36. The topological polar surface area (TPSA) is 37.3 Å². The molecule has 2 aliphatic rings. The van der Waals surface area contributed by atoms with Gasteiger partial charge in [-0.05, 0) is 49.4 Å². The van der Waals surface area contributed by atoms with E-state index in [0.29, 0.717) is 6.42 Å². The summed E-state index contributed by atoms with van der Waals surface area (Å²) >= 11 is 0.